The van der Waals surface area contributed by atoms with Crippen molar-refractivity contribution in [1.29, 1.82) is 0 Å². The second kappa shape index (κ2) is 1.64. The Morgan fingerprint density at radius 3 is 2.00 bits per heavy atom. The molecule has 0 aromatic rings. The molecule has 0 spiro atoms. The zero-order valence-corrected chi connectivity index (χ0v) is 8.06. The summed E-state index contributed by atoms with van der Waals surface area (Å²) in [5.41, 5.74) is 0. The van der Waals surface area contributed by atoms with Gasteiger partial charge in [0.15, 0.2) is 0 Å². The van der Waals surface area contributed by atoms with Crippen molar-refractivity contribution in [2.24, 2.45) is 0 Å². The molecule has 0 atom stereocenters. The molecule has 0 bridgehead atoms. The first-order valence-electron chi connectivity index (χ1n) is 0.928. The summed E-state index contributed by atoms with van der Waals surface area (Å²) in [7, 11) is 0. The quantitative estimate of drug-likeness (QED) is 0.511. The first-order chi connectivity index (χ1) is 1.73. The molecule has 0 saturated carbocycles. The average Bonchev–Trinajstić information content (AvgIpc) is 0.811. The molecule has 0 heterocycles. The van der Waals surface area contributed by atoms with Crippen LogP contribution in [0.15, 0.2) is 0 Å². The molecule has 22 valence electrons. The summed E-state index contributed by atoms with van der Waals surface area (Å²) in [4.78, 5) is 9.09. The van der Waals surface area contributed by atoms with Crippen molar-refractivity contribution in [3.05, 3.63) is 0 Å². The van der Waals surface area contributed by atoms with Crippen molar-refractivity contribution in [3.8, 4) is 0 Å². The van der Waals surface area contributed by atoms with E-state index >= 15 is 0 Å². The summed E-state index contributed by atoms with van der Waals surface area (Å²) in [5, 5.41) is 7.51. The molecule has 2 nitrogen and oxygen atoms in total. The van der Waals surface area contributed by atoms with E-state index in [2.05, 4.69) is 0 Å². The summed E-state index contributed by atoms with van der Waals surface area (Å²) in [6, 6.07) is 0. The maximum atomic E-state index is 9.09. The summed E-state index contributed by atoms with van der Waals surface area (Å²) >= 11 is -0.153. The van der Waals surface area contributed by atoms with E-state index in [-0.39, 0.29) is 24.4 Å². The fourth-order valence-electron chi connectivity index (χ4n) is 0. The second-order valence-electron chi connectivity index (χ2n) is 0.519. The Bertz CT molecular complexity index is 29.0. The normalized spacial score (nSPS) is 6.00. The molecule has 1 N–H and O–H groups in total. The van der Waals surface area contributed by atoms with Crippen molar-refractivity contribution in [3.63, 3.8) is 0 Å². The monoisotopic (exact) mass is 162 g/mol. The first-order valence-corrected chi connectivity index (χ1v) is 3.78. The summed E-state index contributed by atoms with van der Waals surface area (Å²) < 4.78 is -0.623. The molecule has 0 rings (SSSR count). The molecule has 0 aliphatic rings. The molecule has 0 saturated heterocycles. The fourth-order valence-corrected chi connectivity index (χ4v) is 0. The van der Waals surface area contributed by atoms with Gasteiger partial charge < -0.3 is 0 Å². The Morgan fingerprint density at radius 1 is 2.00 bits per heavy atom. The van der Waals surface area contributed by atoms with Crippen LogP contribution in [0.2, 0.25) is 0 Å². The van der Waals surface area contributed by atoms with E-state index < -0.39 is 3.73 Å². The topological polar surface area (TPSA) is 37.3 Å². The van der Waals surface area contributed by atoms with Gasteiger partial charge in [-0.2, -0.15) is 0 Å². The average molecular weight is 162 g/mol. The van der Waals surface area contributed by atoms with Crippen molar-refractivity contribution < 1.29 is 9.90 Å². The van der Waals surface area contributed by atoms with E-state index in [1.54, 1.807) is 0 Å². The number of hydrogen-bond acceptors (Lipinski definition) is 1. The van der Waals surface area contributed by atoms with Gasteiger partial charge in [-0.3, -0.25) is 0 Å². The Morgan fingerprint density at radius 2 is 2.00 bits per heavy atom. The molecular weight excluding hydrogens is 159 g/mol. The summed E-state index contributed by atoms with van der Waals surface area (Å²) in [6.45, 7) is 0. The fraction of sp³-hybridized carbons (Fsp3) is 0. The van der Waals surface area contributed by atoms with E-state index in [1.807, 2.05) is 0 Å². The standard InChI is InChI=1S/CHO2.In.2H/c2-1-3;;;/h(H,2,3);;;. The zero-order valence-electron chi connectivity index (χ0n) is 2.36. The van der Waals surface area contributed by atoms with Crippen LogP contribution in [0.5, 0.6) is 0 Å². The van der Waals surface area contributed by atoms with Crippen LogP contribution in [0.1, 0.15) is 0 Å². The number of carboxylic acid groups (broad SMARTS) is 1. The Hall–Kier alpha value is 0.340. The molecule has 0 aromatic carbocycles. The Balaban J connectivity index is 2.80. The van der Waals surface area contributed by atoms with Crippen LogP contribution in [0, 0.1) is 0 Å². The second-order valence-corrected chi connectivity index (χ2v) is 2.96. The van der Waals surface area contributed by atoms with E-state index in [0.29, 0.717) is 0 Å². The predicted molar refractivity (Wildman–Crippen MR) is 16.6 cm³/mol. The molecule has 0 fully saturated rings. The van der Waals surface area contributed by atoms with Gasteiger partial charge in [0.1, 0.15) is 0 Å². The van der Waals surface area contributed by atoms with Crippen molar-refractivity contribution in [1.82, 2.24) is 0 Å². The van der Waals surface area contributed by atoms with Gasteiger partial charge in [0.2, 0.25) is 0 Å². The molecule has 4 heavy (non-hydrogen) atoms. The third kappa shape index (κ3) is 36.3. The van der Waals surface area contributed by atoms with Gasteiger partial charge in [-0.1, -0.05) is 0 Å². The van der Waals surface area contributed by atoms with E-state index in [9.17, 15) is 0 Å². The number of rotatable bonds is 0. The van der Waals surface area contributed by atoms with Gasteiger partial charge in [-0.25, -0.2) is 0 Å². The molecule has 0 unspecified atom stereocenters. The van der Waals surface area contributed by atoms with Gasteiger partial charge in [-0.05, 0) is 0 Å². The van der Waals surface area contributed by atoms with Gasteiger partial charge in [0.05, 0.1) is 0 Å². The van der Waals surface area contributed by atoms with E-state index in [1.165, 1.54) is 0 Å². The van der Waals surface area contributed by atoms with Gasteiger partial charge in [-0.15, -0.1) is 0 Å². The van der Waals surface area contributed by atoms with Crippen molar-refractivity contribution in [2.45, 2.75) is 0 Å². The third-order valence-electron chi connectivity index (χ3n) is 0. The SMILES string of the molecule is O=[C](O)[InH2]. The zero-order chi connectivity index (χ0) is 3.58. The first kappa shape index (κ1) is 4.34. The minimum atomic E-state index is -0.623. The van der Waals surface area contributed by atoms with Crippen molar-refractivity contribution >= 4 is 28.1 Å². The predicted octanol–water partition coefficient (Wildman–Crippen LogP) is -0.703. The van der Waals surface area contributed by atoms with Crippen LogP contribution in [-0.2, 0) is 0 Å². The van der Waals surface area contributed by atoms with Crippen LogP contribution in [0.25, 0.3) is 0 Å². The summed E-state index contributed by atoms with van der Waals surface area (Å²) in [6.07, 6.45) is 0. The molecule has 0 amide bonds. The van der Waals surface area contributed by atoms with Crippen LogP contribution in [0.4, 0.5) is 4.79 Å². The van der Waals surface area contributed by atoms with E-state index in [4.69, 9.17) is 9.90 Å². The Kier molecular flexibility index (Phi) is 1.78. The van der Waals surface area contributed by atoms with Gasteiger partial charge in [0, 0.05) is 0 Å². The molecule has 3 heteroatoms. The molecule has 0 radical (unpaired) electrons. The van der Waals surface area contributed by atoms with Crippen LogP contribution >= 0.6 is 0 Å². The molecular formula is CH3InO2. The number of hydrogen-bond donors (Lipinski definition) is 1. The van der Waals surface area contributed by atoms with Crippen LogP contribution < -0.4 is 0 Å². The molecule has 0 aliphatic carbocycles. The molecule has 0 aliphatic heterocycles. The van der Waals surface area contributed by atoms with Gasteiger partial charge >= 0.3 is 38.0 Å². The van der Waals surface area contributed by atoms with Crippen LogP contribution in [0.3, 0.4) is 0 Å². The Labute approximate surface area is 38.4 Å². The number of carbonyl (C=O) groups is 1. The third-order valence-corrected chi connectivity index (χ3v) is 0. The maximum absolute atomic E-state index is 9.09. The van der Waals surface area contributed by atoms with Crippen LogP contribution in [-0.4, -0.2) is 33.2 Å². The van der Waals surface area contributed by atoms with Gasteiger partial charge in [0.25, 0.3) is 0 Å². The summed E-state index contributed by atoms with van der Waals surface area (Å²) in [5.74, 6) is 0. The molecule has 0 aromatic heterocycles. The van der Waals surface area contributed by atoms with Crippen molar-refractivity contribution in [2.75, 3.05) is 0 Å². The van der Waals surface area contributed by atoms with E-state index in [0.717, 1.165) is 0 Å². The minimum absolute atomic E-state index is 0.153.